The minimum Gasteiger partial charge on any atom is -0.366 e. The first-order valence-corrected chi connectivity index (χ1v) is 7.94. The molecule has 0 atom stereocenters. The maximum Gasteiger partial charge on any atom is 0.160 e. The fraction of sp³-hybridized carbons (Fsp3) is 0.111. The lowest BCUT2D eigenvalue weighted by molar-refractivity contribution is 0.509. The van der Waals surface area contributed by atoms with Gasteiger partial charge in [-0.3, -0.25) is 0 Å². The molecule has 1 heterocycles. The van der Waals surface area contributed by atoms with Crippen LogP contribution in [0.2, 0.25) is 5.02 Å². The van der Waals surface area contributed by atoms with Crippen LogP contribution in [0.5, 0.6) is 0 Å². The molecule has 25 heavy (non-hydrogen) atoms. The van der Waals surface area contributed by atoms with E-state index in [0.717, 1.165) is 17.7 Å². The van der Waals surface area contributed by atoms with E-state index in [0.29, 0.717) is 34.7 Å². The molecule has 0 saturated carbocycles. The summed E-state index contributed by atoms with van der Waals surface area (Å²) in [5, 5.41) is 6.79. The van der Waals surface area contributed by atoms with E-state index in [1.807, 2.05) is 24.3 Å². The third-order valence-corrected chi connectivity index (χ3v) is 3.82. The number of aryl methyl sites for hydroxylation is 1. The van der Waals surface area contributed by atoms with E-state index in [1.54, 1.807) is 13.0 Å². The number of nitrogens with one attached hydrogen (secondary N) is 2. The molecule has 0 unspecified atom stereocenters. The Morgan fingerprint density at radius 1 is 0.960 bits per heavy atom. The van der Waals surface area contributed by atoms with Crippen molar-refractivity contribution in [2.75, 3.05) is 10.6 Å². The van der Waals surface area contributed by atoms with E-state index in [-0.39, 0.29) is 0 Å². The van der Waals surface area contributed by atoms with E-state index in [9.17, 15) is 8.78 Å². The van der Waals surface area contributed by atoms with Crippen LogP contribution in [0.1, 0.15) is 11.4 Å². The molecule has 128 valence electrons. The van der Waals surface area contributed by atoms with Gasteiger partial charge >= 0.3 is 0 Å². The molecule has 0 fully saturated rings. The quantitative estimate of drug-likeness (QED) is 0.666. The van der Waals surface area contributed by atoms with Crippen LogP contribution in [0.4, 0.5) is 26.1 Å². The van der Waals surface area contributed by atoms with Crippen LogP contribution in [0.25, 0.3) is 0 Å². The van der Waals surface area contributed by atoms with Gasteiger partial charge in [0, 0.05) is 29.4 Å². The molecule has 2 N–H and O–H groups in total. The number of halogens is 3. The van der Waals surface area contributed by atoms with Crippen LogP contribution >= 0.6 is 11.6 Å². The van der Waals surface area contributed by atoms with Gasteiger partial charge in [-0.25, -0.2) is 18.7 Å². The van der Waals surface area contributed by atoms with Crippen molar-refractivity contribution in [2.45, 2.75) is 13.5 Å². The molecule has 1 aromatic heterocycles. The number of aromatic nitrogens is 2. The molecule has 0 amide bonds. The molecule has 0 spiro atoms. The second-order valence-electron chi connectivity index (χ2n) is 5.38. The standard InChI is InChI=1S/C18H15ClF2N4/c1-11-23-17(22-10-12-4-2-3-5-14(12)19)9-18(24-11)25-13-6-7-15(20)16(21)8-13/h2-9H,10H2,1H3,(H2,22,23,24,25). The summed E-state index contributed by atoms with van der Waals surface area (Å²) in [6.45, 7) is 2.25. The lowest BCUT2D eigenvalue weighted by atomic mass is 10.2. The second-order valence-corrected chi connectivity index (χ2v) is 5.79. The van der Waals surface area contributed by atoms with Crippen LogP contribution in [-0.4, -0.2) is 9.97 Å². The zero-order chi connectivity index (χ0) is 17.8. The Morgan fingerprint density at radius 2 is 1.72 bits per heavy atom. The van der Waals surface area contributed by atoms with E-state index >= 15 is 0 Å². The summed E-state index contributed by atoms with van der Waals surface area (Å²) in [5.74, 6) is -0.216. The first kappa shape index (κ1) is 17.1. The topological polar surface area (TPSA) is 49.8 Å². The summed E-state index contributed by atoms with van der Waals surface area (Å²) < 4.78 is 26.3. The molecule has 0 saturated heterocycles. The lowest BCUT2D eigenvalue weighted by Gasteiger charge is -2.11. The van der Waals surface area contributed by atoms with Gasteiger partial charge < -0.3 is 10.6 Å². The predicted octanol–water partition coefficient (Wildman–Crippen LogP) is 5.07. The number of hydrogen-bond acceptors (Lipinski definition) is 4. The fourth-order valence-corrected chi connectivity index (χ4v) is 2.47. The van der Waals surface area contributed by atoms with Crippen molar-refractivity contribution >= 4 is 28.9 Å². The minimum atomic E-state index is -0.923. The lowest BCUT2D eigenvalue weighted by Crippen LogP contribution is -2.05. The number of nitrogens with zero attached hydrogens (tertiary/aromatic N) is 2. The monoisotopic (exact) mass is 360 g/mol. The van der Waals surface area contributed by atoms with Crippen LogP contribution < -0.4 is 10.6 Å². The van der Waals surface area contributed by atoms with Gasteiger partial charge in [0.1, 0.15) is 17.5 Å². The molecule has 7 heteroatoms. The number of anilines is 3. The van der Waals surface area contributed by atoms with Crippen molar-refractivity contribution in [2.24, 2.45) is 0 Å². The van der Waals surface area contributed by atoms with Crippen molar-refractivity contribution in [1.82, 2.24) is 9.97 Å². The van der Waals surface area contributed by atoms with E-state index in [4.69, 9.17) is 11.6 Å². The maximum atomic E-state index is 13.3. The Morgan fingerprint density at radius 3 is 2.48 bits per heavy atom. The first-order valence-electron chi connectivity index (χ1n) is 7.56. The molecule has 0 radical (unpaired) electrons. The average Bonchev–Trinajstić information content (AvgIpc) is 2.57. The highest BCUT2D eigenvalue weighted by Gasteiger charge is 2.06. The molecule has 4 nitrogen and oxygen atoms in total. The largest absolute Gasteiger partial charge is 0.366 e. The Bertz CT molecular complexity index is 902. The molecule has 0 aliphatic carbocycles. The van der Waals surface area contributed by atoms with Crippen molar-refractivity contribution in [3.8, 4) is 0 Å². The molecular weight excluding hydrogens is 346 g/mol. The van der Waals surface area contributed by atoms with Crippen molar-refractivity contribution in [3.05, 3.63) is 76.6 Å². The Labute approximate surface area is 148 Å². The maximum absolute atomic E-state index is 13.3. The van der Waals surface area contributed by atoms with E-state index in [1.165, 1.54) is 6.07 Å². The molecular formula is C18H15ClF2N4. The molecule has 0 aliphatic heterocycles. The summed E-state index contributed by atoms with van der Waals surface area (Å²) in [6.07, 6.45) is 0. The first-order chi connectivity index (χ1) is 12.0. The molecule has 2 aromatic carbocycles. The van der Waals surface area contributed by atoms with Crippen molar-refractivity contribution in [1.29, 1.82) is 0 Å². The summed E-state index contributed by atoms with van der Waals surface area (Å²) in [4.78, 5) is 8.56. The van der Waals surface area contributed by atoms with Gasteiger partial charge in [0.15, 0.2) is 11.6 Å². The molecule has 0 bridgehead atoms. The normalized spacial score (nSPS) is 10.6. The average molecular weight is 361 g/mol. The van der Waals surface area contributed by atoms with E-state index < -0.39 is 11.6 Å². The summed E-state index contributed by atoms with van der Waals surface area (Å²) >= 11 is 6.14. The Hall–Kier alpha value is -2.73. The van der Waals surface area contributed by atoms with Gasteiger partial charge in [0.05, 0.1) is 0 Å². The van der Waals surface area contributed by atoms with Crippen LogP contribution in [0, 0.1) is 18.6 Å². The fourth-order valence-electron chi connectivity index (χ4n) is 2.27. The van der Waals surface area contributed by atoms with Crippen LogP contribution in [0.15, 0.2) is 48.5 Å². The number of rotatable bonds is 5. The zero-order valence-corrected chi connectivity index (χ0v) is 14.1. The number of benzene rings is 2. The molecule has 3 rings (SSSR count). The molecule has 0 aliphatic rings. The molecule has 3 aromatic rings. The minimum absolute atomic E-state index is 0.397. The van der Waals surface area contributed by atoms with Gasteiger partial charge in [-0.1, -0.05) is 29.8 Å². The van der Waals surface area contributed by atoms with Gasteiger partial charge in [-0.15, -0.1) is 0 Å². The van der Waals surface area contributed by atoms with Gasteiger partial charge in [0.25, 0.3) is 0 Å². The van der Waals surface area contributed by atoms with Crippen molar-refractivity contribution < 1.29 is 8.78 Å². The van der Waals surface area contributed by atoms with E-state index in [2.05, 4.69) is 20.6 Å². The van der Waals surface area contributed by atoms with Crippen LogP contribution in [0.3, 0.4) is 0 Å². The predicted molar refractivity (Wildman–Crippen MR) is 95.2 cm³/mol. The van der Waals surface area contributed by atoms with Gasteiger partial charge in [-0.05, 0) is 30.7 Å². The summed E-state index contributed by atoms with van der Waals surface area (Å²) in [6, 6.07) is 12.8. The highest BCUT2D eigenvalue weighted by molar-refractivity contribution is 6.31. The third-order valence-electron chi connectivity index (χ3n) is 3.45. The zero-order valence-electron chi connectivity index (χ0n) is 13.4. The highest BCUT2D eigenvalue weighted by atomic mass is 35.5. The highest BCUT2D eigenvalue weighted by Crippen LogP contribution is 2.21. The Balaban J connectivity index is 1.76. The van der Waals surface area contributed by atoms with Gasteiger partial charge in [0.2, 0.25) is 0 Å². The summed E-state index contributed by atoms with van der Waals surface area (Å²) in [7, 11) is 0. The SMILES string of the molecule is Cc1nc(NCc2ccccc2Cl)cc(Nc2ccc(F)c(F)c2)n1. The number of hydrogen-bond donors (Lipinski definition) is 2. The van der Waals surface area contributed by atoms with Gasteiger partial charge in [-0.2, -0.15) is 0 Å². The third kappa shape index (κ3) is 4.42. The Kier molecular flexibility index (Phi) is 5.09. The van der Waals surface area contributed by atoms with Crippen LogP contribution in [-0.2, 0) is 6.54 Å². The second kappa shape index (κ2) is 7.44. The van der Waals surface area contributed by atoms with Crippen molar-refractivity contribution in [3.63, 3.8) is 0 Å². The smallest absolute Gasteiger partial charge is 0.160 e. The summed E-state index contributed by atoms with van der Waals surface area (Å²) in [5.41, 5.74) is 1.34.